The number of hydrazone groups is 1. The summed E-state index contributed by atoms with van der Waals surface area (Å²) in [4.78, 5) is 23.7. The van der Waals surface area contributed by atoms with Crippen LogP contribution in [0.3, 0.4) is 0 Å². The molecule has 1 saturated carbocycles. The molecule has 146 valence electrons. The first-order chi connectivity index (χ1) is 13.4. The number of carbonyl (C=O) groups excluding carboxylic acids is 2. The van der Waals surface area contributed by atoms with Crippen LogP contribution in [0.15, 0.2) is 47.6 Å². The number of nitrogens with zero attached hydrogens (tertiary/aromatic N) is 1. The molecule has 0 atom stereocenters. The van der Waals surface area contributed by atoms with E-state index in [1.54, 1.807) is 25.1 Å². The number of benzene rings is 2. The molecule has 6 nitrogen and oxygen atoms in total. The van der Waals surface area contributed by atoms with E-state index in [1.807, 2.05) is 31.2 Å². The Labute approximate surface area is 168 Å². The van der Waals surface area contributed by atoms with Crippen molar-refractivity contribution in [3.63, 3.8) is 0 Å². The van der Waals surface area contributed by atoms with Crippen molar-refractivity contribution in [1.82, 2.24) is 5.43 Å². The van der Waals surface area contributed by atoms with Gasteiger partial charge in [0.05, 0.1) is 5.71 Å². The van der Waals surface area contributed by atoms with Gasteiger partial charge in [0.25, 0.3) is 5.91 Å². The molecular formula is C21H22ClN3O3. The van der Waals surface area contributed by atoms with Gasteiger partial charge in [-0.05, 0) is 68.1 Å². The highest BCUT2D eigenvalue weighted by Crippen LogP contribution is 2.30. The van der Waals surface area contributed by atoms with Crippen molar-refractivity contribution < 1.29 is 14.3 Å². The van der Waals surface area contributed by atoms with Crippen molar-refractivity contribution >= 4 is 34.8 Å². The molecule has 3 rings (SSSR count). The van der Waals surface area contributed by atoms with Crippen molar-refractivity contribution in [2.45, 2.75) is 26.7 Å². The van der Waals surface area contributed by atoms with E-state index in [-0.39, 0.29) is 24.3 Å². The molecule has 0 bridgehead atoms. The van der Waals surface area contributed by atoms with Gasteiger partial charge in [-0.1, -0.05) is 23.7 Å². The standard InChI is InChI=1S/C21H22ClN3O3/c1-13-11-17(22)7-10-19(13)28-12-20(26)25-24-14(2)15-5-8-18(9-6-15)23-21(27)16-3-4-16/h5-11,16H,3-4,12H2,1-2H3,(H,23,27)(H,25,26)/b24-14-. The minimum absolute atomic E-state index is 0.0707. The Hall–Kier alpha value is -2.86. The fourth-order valence-corrected chi connectivity index (χ4v) is 2.77. The number of anilines is 1. The van der Waals surface area contributed by atoms with E-state index in [0.717, 1.165) is 29.7 Å². The molecule has 0 aromatic heterocycles. The topological polar surface area (TPSA) is 79.8 Å². The highest BCUT2D eigenvalue weighted by molar-refractivity contribution is 6.30. The number of nitrogens with one attached hydrogen (secondary N) is 2. The first-order valence-electron chi connectivity index (χ1n) is 9.06. The van der Waals surface area contributed by atoms with Gasteiger partial charge in [0, 0.05) is 16.6 Å². The monoisotopic (exact) mass is 399 g/mol. The molecule has 0 aliphatic heterocycles. The smallest absolute Gasteiger partial charge is 0.277 e. The van der Waals surface area contributed by atoms with Crippen LogP contribution < -0.4 is 15.5 Å². The van der Waals surface area contributed by atoms with Crippen molar-refractivity contribution in [1.29, 1.82) is 0 Å². The van der Waals surface area contributed by atoms with Crippen LogP contribution in [0.2, 0.25) is 5.02 Å². The van der Waals surface area contributed by atoms with Crippen LogP contribution in [0.1, 0.15) is 30.9 Å². The highest BCUT2D eigenvalue weighted by Gasteiger charge is 2.29. The molecular weight excluding hydrogens is 378 g/mol. The van der Waals surface area contributed by atoms with Crippen LogP contribution in [0, 0.1) is 12.8 Å². The number of hydrogen-bond acceptors (Lipinski definition) is 4. The Bertz CT molecular complexity index is 906. The van der Waals surface area contributed by atoms with Gasteiger partial charge < -0.3 is 10.1 Å². The number of amides is 2. The second kappa shape index (κ2) is 8.89. The predicted octanol–water partition coefficient (Wildman–Crippen LogP) is 3.92. The second-order valence-corrected chi connectivity index (χ2v) is 7.21. The first-order valence-corrected chi connectivity index (χ1v) is 9.43. The van der Waals surface area contributed by atoms with Gasteiger partial charge in [0.15, 0.2) is 6.61 Å². The van der Waals surface area contributed by atoms with Crippen molar-refractivity contribution in [3.05, 3.63) is 58.6 Å². The Morgan fingerprint density at radius 1 is 1.18 bits per heavy atom. The lowest BCUT2D eigenvalue weighted by Gasteiger charge is -2.09. The third kappa shape index (κ3) is 5.57. The SMILES string of the molecule is C/C(=N/NC(=O)COc1ccc(Cl)cc1C)c1ccc(NC(=O)C2CC2)cc1. The molecule has 2 aromatic carbocycles. The van der Waals surface area contributed by atoms with Gasteiger partial charge in [-0.15, -0.1) is 0 Å². The van der Waals surface area contributed by atoms with E-state index in [2.05, 4.69) is 15.8 Å². The van der Waals surface area contributed by atoms with Crippen LogP contribution in [-0.2, 0) is 9.59 Å². The summed E-state index contributed by atoms with van der Waals surface area (Å²) in [5.74, 6) is 0.476. The molecule has 0 saturated heterocycles. The third-order valence-corrected chi connectivity index (χ3v) is 4.60. The van der Waals surface area contributed by atoms with Gasteiger partial charge in [-0.2, -0.15) is 5.10 Å². The lowest BCUT2D eigenvalue weighted by molar-refractivity contribution is -0.123. The first kappa shape index (κ1) is 19.9. The van der Waals surface area contributed by atoms with Gasteiger partial charge in [0.2, 0.25) is 5.91 Å². The fraction of sp³-hybridized carbons (Fsp3) is 0.286. The lowest BCUT2D eigenvalue weighted by atomic mass is 10.1. The van der Waals surface area contributed by atoms with E-state index < -0.39 is 0 Å². The Balaban J connectivity index is 1.50. The average Bonchev–Trinajstić information content (AvgIpc) is 3.51. The van der Waals surface area contributed by atoms with Crippen LogP contribution in [0.5, 0.6) is 5.75 Å². The Kier molecular flexibility index (Phi) is 6.31. The summed E-state index contributed by atoms with van der Waals surface area (Å²) >= 11 is 5.90. The Morgan fingerprint density at radius 2 is 1.89 bits per heavy atom. The molecule has 0 unspecified atom stereocenters. The number of aryl methyl sites for hydroxylation is 1. The van der Waals surface area contributed by atoms with Gasteiger partial charge in [0.1, 0.15) is 5.75 Å². The van der Waals surface area contributed by atoms with Crippen molar-refractivity contribution in [2.24, 2.45) is 11.0 Å². The van der Waals surface area contributed by atoms with Crippen LogP contribution in [0.25, 0.3) is 0 Å². The van der Waals surface area contributed by atoms with E-state index in [4.69, 9.17) is 16.3 Å². The summed E-state index contributed by atoms with van der Waals surface area (Å²) in [7, 11) is 0. The zero-order valence-corrected chi connectivity index (χ0v) is 16.5. The normalized spacial score (nSPS) is 13.8. The van der Waals surface area contributed by atoms with Crippen LogP contribution in [-0.4, -0.2) is 24.1 Å². The van der Waals surface area contributed by atoms with E-state index in [9.17, 15) is 9.59 Å². The quantitative estimate of drug-likeness (QED) is 0.547. The maximum Gasteiger partial charge on any atom is 0.277 e. The summed E-state index contributed by atoms with van der Waals surface area (Å²) < 4.78 is 5.49. The molecule has 28 heavy (non-hydrogen) atoms. The van der Waals surface area contributed by atoms with Gasteiger partial charge >= 0.3 is 0 Å². The van der Waals surface area contributed by atoms with Crippen molar-refractivity contribution in [3.8, 4) is 5.75 Å². The molecule has 7 heteroatoms. The molecule has 0 heterocycles. The zero-order valence-electron chi connectivity index (χ0n) is 15.8. The molecule has 2 aromatic rings. The summed E-state index contributed by atoms with van der Waals surface area (Å²) in [6, 6.07) is 12.5. The summed E-state index contributed by atoms with van der Waals surface area (Å²) in [6.45, 7) is 3.51. The molecule has 0 spiro atoms. The predicted molar refractivity (Wildman–Crippen MR) is 110 cm³/mol. The third-order valence-electron chi connectivity index (χ3n) is 4.36. The van der Waals surface area contributed by atoms with Gasteiger partial charge in [-0.3, -0.25) is 9.59 Å². The number of carbonyl (C=O) groups is 2. The molecule has 1 aliphatic carbocycles. The van der Waals surface area contributed by atoms with Crippen molar-refractivity contribution in [2.75, 3.05) is 11.9 Å². The largest absolute Gasteiger partial charge is 0.483 e. The fourth-order valence-electron chi connectivity index (χ4n) is 2.55. The lowest BCUT2D eigenvalue weighted by Crippen LogP contribution is -2.25. The molecule has 1 aliphatic rings. The molecule has 1 fully saturated rings. The molecule has 2 amide bonds. The second-order valence-electron chi connectivity index (χ2n) is 6.77. The summed E-state index contributed by atoms with van der Waals surface area (Å²) in [5, 5.41) is 7.61. The van der Waals surface area contributed by atoms with Crippen LogP contribution >= 0.6 is 11.6 Å². The molecule has 0 radical (unpaired) electrons. The maximum atomic E-state index is 12.0. The summed E-state index contributed by atoms with van der Waals surface area (Å²) in [5.41, 5.74) is 5.59. The number of rotatable bonds is 7. The van der Waals surface area contributed by atoms with E-state index in [1.165, 1.54) is 0 Å². The number of halogens is 1. The number of ether oxygens (including phenoxy) is 1. The minimum Gasteiger partial charge on any atom is -0.483 e. The average molecular weight is 400 g/mol. The zero-order chi connectivity index (χ0) is 20.1. The Morgan fingerprint density at radius 3 is 2.54 bits per heavy atom. The maximum absolute atomic E-state index is 12.0. The van der Waals surface area contributed by atoms with E-state index >= 15 is 0 Å². The van der Waals surface area contributed by atoms with Gasteiger partial charge in [-0.25, -0.2) is 5.43 Å². The van der Waals surface area contributed by atoms with Crippen LogP contribution in [0.4, 0.5) is 5.69 Å². The minimum atomic E-state index is -0.359. The van der Waals surface area contributed by atoms with E-state index in [0.29, 0.717) is 16.5 Å². The highest BCUT2D eigenvalue weighted by atomic mass is 35.5. The number of hydrogen-bond donors (Lipinski definition) is 2. The summed E-state index contributed by atoms with van der Waals surface area (Å²) in [6.07, 6.45) is 1.94. The molecule has 2 N–H and O–H groups in total.